The predicted octanol–water partition coefficient (Wildman–Crippen LogP) is 3.44. The van der Waals surface area contributed by atoms with Crippen molar-refractivity contribution in [2.45, 2.75) is 0 Å². The van der Waals surface area contributed by atoms with Crippen molar-refractivity contribution in [3.05, 3.63) is 60.7 Å². The molecular formula is C14H9FN2. The van der Waals surface area contributed by atoms with Gasteiger partial charge in [0.1, 0.15) is 5.82 Å². The van der Waals surface area contributed by atoms with Gasteiger partial charge in [-0.2, -0.15) is 0 Å². The molecule has 0 radical (unpaired) electrons. The molecule has 0 fully saturated rings. The summed E-state index contributed by atoms with van der Waals surface area (Å²) in [5.41, 5.74) is 2.61. The number of pyridine rings is 2. The monoisotopic (exact) mass is 224 g/mol. The number of nitrogens with zero attached hydrogens (tertiary/aromatic N) is 2. The van der Waals surface area contributed by atoms with E-state index in [-0.39, 0.29) is 5.82 Å². The number of hydrogen-bond donors (Lipinski definition) is 0. The molecule has 17 heavy (non-hydrogen) atoms. The van der Waals surface area contributed by atoms with Gasteiger partial charge >= 0.3 is 0 Å². The van der Waals surface area contributed by atoms with Crippen LogP contribution in [0.5, 0.6) is 0 Å². The zero-order chi connectivity index (χ0) is 11.7. The van der Waals surface area contributed by atoms with Crippen molar-refractivity contribution in [3.63, 3.8) is 0 Å². The molecule has 0 aliphatic rings. The molecule has 0 unspecified atom stereocenters. The lowest BCUT2D eigenvalue weighted by molar-refractivity contribution is 0.628. The number of halogens is 1. The Morgan fingerprint density at radius 2 is 1.65 bits per heavy atom. The zero-order valence-corrected chi connectivity index (χ0v) is 8.97. The summed E-state index contributed by atoms with van der Waals surface area (Å²) in [6.45, 7) is 0. The van der Waals surface area contributed by atoms with Gasteiger partial charge in [-0.25, -0.2) is 4.39 Å². The summed E-state index contributed by atoms with van der Waals surface area (Å²) in [7, 11) is 0. The van der Waals surface area contributed by atoms with Crippen molar-refractivity contribution < 1.29 is 4.39 Å². The number of benzene rings is 1. The minimum Gasteiger partial charge on any atom is -0.256 e. The van der Waals surface area contributed by atoms with Crippen molar-refractivity contribution in [1.29, 1.82) is 0 Å². The SMILES string of the molecule is Fc1ccc(-c2nccc3ncccc23)cc1. The van der Waals surface area contributed by atoms with E-state index in [1.54, 1.807) is 24.5 Å². The Morgan fingerprint density at radius 3 is 2.47 bits per heavy atom. The van der Waals surface area contributed by atoms with E-state index in [1.165, 1.54) is 12.1 Å². The quantitative estimate of drug-likeness (QED) is 0.632. The molecule has 0 aliphatic carbocycles. The van der Waals surface area contributed by atoms with Crippen molar-refractivity contribution in [2.75, 3.05) is 0 Å². The van der Waals surface area contributed by atoms with E-state index in [4.69, 9.17) is 0 Å². The van der Waals surface area contributed by atoms with E-state index in [9.17, 15) is 4.39 Å². The first-order valence-electron chi connectivity index (χ1n) is 5.30. The molecular weight excluding hydrogens is 215 g/mol. The Kier molecular flexibility index (Phi) is 2.29. The summed E-state index contributed by atoms with van der Waals surface area (Å²) in [6.07, 6.45) is 3.46. The van der Waals surface area contributed by atoms with Crippen molar-refractivity contribution in [3.8, 4) is 11.3 Å². The molecule has 0 saturated carbocycles. The topological polar surface area (TPSA) is 25.8 Å². The Labute approximate surface area is 97.8 Å². The number of fused-ring (bicyclic) bond motifs is 1. The largest absolute Gasteiger partial charge is 0.256 e. The molecule has 3 heteroatoms. The van der Waals surface area contributed by atoms with Crippen LogP contribution in [0.25, 0.3) is 22.2 Å². The summed E-state index contributed by atoms with van der Waals surface area (Å²) in [5, 5.41) is 0.974. The molecule has 0 amide bonds. The van der Waals surface area contributed by atoms with Crippen molar-refractivity contribution >= 4 is 10.9 Å². The van der Waals surface area contributed by atoms with Crippen LogP contribution in [0.4, 0.5) is 4.39 Å². The van der Waals surface area contributed by atoms with Crippen molar-refractivity contribution in [2.24, 2.45) is 0 Å². The van der Waals surface area contributed by atoms with Gasteiger partial charge in [0.2, 0.25) is 0 Å². The zero-order valence-electron chi connectivity index (χ0n) is 8.97. The standard InChI is InChI=1S/C14H9FN2/c15-11-5-3-10(4-6-11)14-12-2-1-8-16-13(12)7-9-17-14/h1-9H. The van der Waals surface area contributed by atoms with Gasteiger partial charge in [-0.15, -0.1) is 0 Å². The van der Waals surface area contributed by atoms with E-state index in [1.807, 2.05) is 18.2 Å². The van der Waals surface area contributed by atoms with Crippen LogP contribution in [0.2, 0.25) is 0 Å². The highest BCUT2D eigenvalue weighted by molar-refractivity contribution is 5.91. The van der Waals surface area contributed by atoms with Gasteiger partial charge in [0.25, 0.3) is 0 Å². The maximum atomic E-state index is 12.9. The van der Waals surface area contributed by atoms with Crippen molar-refractivity contribution in [1.82, 2.24) is 9.97 Å². The second-order valence-corrected chi connectivity index (χ2v) is 3.74. The molecule has 0 N–H and O–H groups in total. The first-order chi connectivity index (χ1) is 8.34. The molecule has 0 aliphatic heterocycles. The lowest BCUT2D eigenvalue weighted by atomic mass is 10.1. The highest BCUT2D eigenvalue weighted by atomic mass is 19.1. The molecule has 2 aromatic heterocycles. The van der Waals surface area contributed by atoms with E-state index in [0.717, 1.165) is 22.2 Å². The van der Waals surface area contributed by atoms with Gasteiger partial charge in [0.05, 0.1) is 11.2 Å². The lowest BCUT2D eigenvalue weighted by Gasteiger charge is -2.04. The van der Waals surface area contributed by atoms with Gasteiger partial charge in [-0.1, -0.05) is 0 Å². The highest BCUT2D eigenvalue weighted by Gasteiger charge is 2.05. The maximum Gasteiger partial charge on any atom is 0.123 e. The minimum absolute atomic E-state index is 0.243. The summed E-state index contributed by atoms with van der Waals surface area (Å²) >= 11 is 0. The van der Waals surface area contributed by atoms with E-state index in [0.29, 0.717) is 0 Å². The normalized spacial score (nSPS) is 10.6. The van der Waals surface area contributed by atoms with Crippen LogP contribution < -0.4 is 0 Å². The third kappa shape index (κ3) is 1.76. The first-order valence-corrected chi connectivity index (χ1v) is 5.30. The van der Waals surface area contributed by atoms with Crippen LogP contribution in [-0.2, 0) is 0 Å². The second-order valence-electron chi connectivity index (χ2n) is 3.74. The van der Waals surface area contributed by atoms with Crippen LogP contribution in [-0.4, -0.2) is 9.97 Å². The van der Waals surface area contributed by atoms with E-state index >= 15 is 0 Å². The maximum absolute atomic E-state index is 12.9. The first kappa shape index (κ1) is 9.90. The Bertz CT molecular complexity index is 657. The molecule has 3 aromatic rings. The molecule has 3 rings (SSSR count). The van der Waals surface area contributed by atoms with Gasteiger partial charge in [-0.3, -0.25) is 9.97 Å². The molecule has 0 bridgehead atoms. The third-order valence-corrected chi connectivity index (χ3v) is 2.65. The fraction of sp³-hybridized carbons (Fsp3) is 0. The fourth-order valence-corrected chi connectivity index (χ4v) is 1.84. The molecule has 0 saturated heterocycles. The predicted molar refractivity (Wildman–Crippen MR) is 64.9 cm³/mol. The summed E-state index contributed by atoms with van der Waals surface area (Å²) in [5.74, 6) is -0.243. The van der Waals surface area contributed by atoms with E-state index < -0.39 is 0 Å². The Balaban J connectivity index is 2.27. The number of hydrogen-bond acceptors (Lipinski definition) is 2. The minimum atomic E-state index is -0.243. The van der Waals surface area contributed by atoms with Gasteiger partial charge in [0.15, 0.2) is 0 Å². The highest BCUT2D eigenvalue weighted by Crippen LogP contribution is 2.24. The molecule has 2 nitrogen and oxygen atoms in total. The van der Waals surface area contributed by atoms with Crippen LogP contribution in [0.1, 0.15) is 0 Å². The molecule has 2 heterocycles. The smallest absolute Gasteiger partial charge is 0.123 e. The summed E-state index contributed by atoms with van der Waals surface area (Å²) in [4.78, 5) is 8.62. The molecule has 0 spiro atoms. The Hall–Kier alpha value is -2.29. The molecule has 1 aromatic carbocycles. The average molecular weight is 224 g/mol. The van der Waals surface area contributed by atoms with Gasteiger partial charge in [0, 0.05) is 23.3 Å². The summed E-state index contributed by atoms with van der Waals surface area (Å²) in [6, 6.07) is 12.0. The number of aromatic nitrogens is 2. The van der Waals surface area contributed by atoms with Gasteiger partial charge in [-0.05, 0) is 42.5 Å². The van der Waals surface area contributed by atoms with Crippen LogP contribution in [0.15, 0.2) is 54.9 Å². The molecule has 82 valence electrons. The number of rotatable bonds is 1. The summed E-state index contributed by atoms with van der Waals surface area (Å²) < 4.78 is 12.9. The van der Waals surface area contributed by atoms with E-state index in [2.05, 4.69) is 9.97 Å². The van der Waals surface area contributed by atoms with Crippen LogP contribution in [0, 0.1) is 5.82 Å². The second kappa shape index (κ2) is 3.94. The lowest BCUT2D eigenvalue weighted by Crippen LogP contribution is -1.87. The van der Waals surface area contributed by atoms with Crippen LogP contribution in [0.3, 0.4) is 0 Å². The molecule has 0 atom stereocenters. The third-order valence-electron chi connectivity index (χ3n) is 2.65. The van der Waals surface area contributed by atoms with Crippen LogP contribution >= 0.6 is 0 Å². The van der Waals surface area contributed by atoms with Gasteiger partial charge < -0.3 is 0 Å². The fourth-order valence-electron chi connectivity index (χ4n) is 1.84. The average Bonchev–Trinajstić information content (AvgIpc) is 2.39. The Morgan fingerprint density at radius 1 is 0.824 bits per heavy atom.